The number of halogens is 2. The summed E-state index contributed by atoms with van der Waals surface area (Å²) >= 11 is 0. The predicted molar refractivity (Wildman–Crippen MR) is 121 cm³/mol. The van der Waals surface area contributed by atoms with Crippen LogP contribution in [0.5, 0.6) is 5.75 Å². The van der Waals surface area contributed by atoms with E-state index in [4.69, 9.17) is 0 Å². The minimum Gasteiger partial charge on any atom is -0.503 e. The highest BCUT2D eigenvalue weighted by Crippen LogP contribution is 2.31. The molecule has 3 N–H and O–H groups in total. The van der Waals surface area contributed by atoms with Crippen LogP contribution in [-0.2, 0) is 13.1 Å². The van der Waals surface area contributed by atoms with Crippen LogP contribution in [0.4, 0.5) is 8.78 Å². The van der Waals surface area contributed by atoms with E-state index in [1.54, 1.807) is 4.90 Å². The van der Waals surface area contributed by atoms with Gasteiger partial charge in [-0.15, -0.1) is 0 Å². The summed E-state index contributed by atoms with van der Waals surface area (Å²) in [6.45, 7) is 1.24. The molecule has 1 aliphatic carbocycles. The van der Waals surface area contributed by atoms with E-state index in [1.165, 1.54) is 16.8 Å². The first-order chi connectivity index (χ1) is 16.3. The first-order valence-electron chi connectivity index (χ1n) is 11.5. The van der Waals surface area contributed by atoms with Gasteiger partial charge in [0.05, 0.1) is 0 Å². The largest absolute Gasteiger partial charge is 0.503 e. The van der Waals surface area contributed by atoms with Crippen molar-refractivity contribution in [3.05, 3.63) is 63.1 Å². The first-order valence-corrected chi connectivity index (χ1v) is 11.5. The maximum atomic E-state index is 13.8. The molecule has 1 aromatic carbocycles. The molecule has 2 atom stereocenters. The Morgan fingerprint density at radius 2 is 1.94 bits per heavy atom. The molecule has 2 unspecified atom stereocenters. The Kier molecular flexibility index (Phi) is 6.97. The Bertz CT molecular complexity index is 1160. The van der Waals surface area contributed by atoms with E-state index >= 15 is 0 Å². The third-order valence-corrected chi connectivity index (χ3v) is 6.74. The van der Waals surface area contributed by atoms with Gasteiger partial charge in [-0.25, -0.2) is 8.78 Å². The number of nitrogens with one attached hydrogen (secondary N) is 2. The lowest BCUT2D eigenvalue weighted by Gasteiger charge is -2.42. The highest BCUT2D eigenvalue weighted by molar-refractivity contribution is 5.99. The molecule has 1 saturated carbocycles. The lowest BCUT2D eigenvalue weighted by Crippen LogP contribution is -2.52. The van der Waals surface area contributed by atoms with Gasteiger partial charge < -0.3 is 25.2 Å². The summed E-state index contributed by atoms with van der Waals surface area (Å²) in [7, 11) is 1.88. The van der Waals surface area contributed by atoms with Crippen molar-refractivity contribution in [3.63, 3.8) is 0 Å². The number of pyridine rings is 1. The SMILES string of the molecule is CNCC1CCCCC1N1CCn2cc(C(=O)NCc3ccc(F)cc3F)c(=O)c(O)c2C1=O. The molecule has 34 heavy (non-hydrogen) atoms. The second-order valence-corrected chi connectivity index (χ2v) is 8.85. The zero-order valence-corrected chi connectivity index (χ0v) is 18.9. The third-order valence-electron chi connectivity index (χ3n) is 6.74. The molecule has 2 heterocycles. The Hall–Kier alpha value is -3.27. The summed E-state index contributed by atoms with van der Waals surface area (Å²) in [5.41, 5.74) is -1.39. The van der Waals surface area contributed by atoms with E-state index < -0.39 is 34.6 Å². The van der Waals surface area contributed by atoms with Crippen LogP contribution in [0.25, 0.3) is 0 Å². The molecular formula is C24H28F2N4O4. The van der Waals surface area contributed by atoms with Gasteiger partial charge in [-0.3, -0.25) is 14.4 Å². The van der Waals surface area contributed by atoms with Crippen LogP contribution in [-0.4, -0.2) is 52.6 Å². The second kappa shape index (κ2) is 9.92. The van der Waals surface area contributed by atoms with Gasteiger partial charge in [0, 0.05) is 43.5 Å². The summed E-state index contributed by atoms with van der Waals surface area (Å²) in [5.74, 6) is -3.29. The van der Waals surface area contributed by atoms with Crippen molar-refractivity contribution < 1.29 is 23.5 Å². The summed E-state index contributed by atoms with van der Waals surface area (Å²) in [6, 6.07) is 2.98. The zero-order valence-electron chi connectivity index (χ0n) is 18.9. The van der Waals surface area contributed by atoms with Crippen molar-refractivity contribution >= 4 is 11.8 Å². The number of amides is 2. The monoisotopic (exact) mass is 474 g/mol. The molecule has 1 aromatic heterocycles. The number of rotatable bonds is 6. The molecule has 0 spiro atoms. The molecule has 0 radical (unpaired) electrons. The van der Waals surface area contributed by atoms with E-state index in [9.17, 15) is 28.3 Å². The Morgan fingerprint density at radius 1 is 1.18 bits per heavy atom. The van der Waals surface area contributed by atoms with Crippen LogP contribution in [0.3, 0.4) is 0 Å². The van der Waals surface area contributed by atoms with Crippen molar-refractivity contribution in [2.75, 3.05) is 20.1 Å². The number of aromatic nitrogens is 1. The van der Waals surface area contributed by atoms with E-state index in [1.807, 2.05) is 7.05 Å². The molecule has 0 saturated heterocycles. The fraction of sp³-hybridized carbons (Fsp3) is 0.458. The topological polar surface area (TPSA) is 104 Å². The maximum absolute atomic E-state index is 13.8. The maximum Gasteiger partial charge on any atom is 0.274 e. The number of nitrogens with zero attached hydrogens (tertiary/aromatic N) is 2. The van der Waals surface area contributed by atoms with Gasteiger partial charge in [0.15, 0.2) is 11.4 Å². The fourth-order valence-corrected chi connectivity index (χ4v) is 5.02. The smallest absolute Gasteiger partial charge is 0.274 e. The molecule has 182 valence electrons. The van der Waals surface area contributed by atoms with Crippen molar-refractivity contribution in [3.8, 4) is 5.75 Å². The van der Waals surface area contributed by atoms with Crippen LogP contribution in [0, 0.1) is 17.6 Å². The fourth-order valence-electron chi connectivity index (χ4n) is 5.02. The number of fused-ring (bicyclic) bond motifs is 1. The van der Waals surface area contributed by atoms with E-state index in [2.05, 4.69) is 10.6 Å². The number of benzene rings is 1. The standard InChI is InChI=1S/C24H28F2N4O4/c1-27-11-15-4-2-3-5-19(15)30-9-8-29-13-17(21(31)22(32)20(29)24(30)34)23(33)28-12-14-6-7-16(25)10-18(14)26/h6-7,10,13,15,19,27,32H,2-5,8-9,11-12H2,1H3,(H,28,33). The highest BCUT2D eigenvalue weighted by atomic mass is 19.1. The molecule has 4 rings (SSSR count). The van der Waals surface area contributed by atoms with E-state index in [0.717, 1.165) is 38.3 Å². The van der Waals surface area contributed by atoms with Crippen LogP contribution < -0.4 is 16.1 Å². The average molecular weight is 475 g/mol. The number of carbonyl (C=O) groups excluding carboxylic acids is 2. The van der Waals surface area contributed by atoms with E-state index in [-0.39, 0.29) is 29.4 Å². The lowest BCUT2D eigenvalue weighted by molar-refractivity contribution is 0.0459. The van der Waals surface area contributed by atoms with E-state index in [0.29, 0.717) is 25.1 Å². The average Bonchev–Trinajstić information content (AvgIpc) is 2.81. The normalized spacial score (nSPS) is 20.2. The number of carbonyl (C=O) groups is 2. The van der Waals surface area contributed by atoms with Crippen molar-refractivity contribution in [2.45, 2.75) is 44.8 Å². The van der Waals surface area contributed by atoms with Crippen LogP contribution in [0.15, 0.2) is 29.2 Å². The van der Waals surface area contributed by atoms with Crippen LogP contribution in [0.1, 0.15) is 52.1 Å². The lowest BCUT2D eigenvalue weighted by atomic mass is 9.83. The van der Waals surface area contributed by atoms with Gasteiger partial charge in [0.25, 0.3) is 11.8 Å². The molecule has 0 bridgehead atoms. The van der Waals surface area contributed by atoms with Crippen molar-refractivity contribution in [1.82, 2.24) is 20.1 Å². The molecule has 1 fully saturated rings. The predicted octanol–water partition coefficient (Wildman–Crippen LogP) is 2.00. The molecular weight excluding hydrogens is 446 g/mol. The molecule has 2 amide bonds. The van der Waals surface area contributed by atoms with Crippen LogP contribution >= 0.6 is 0 Å². The van der Waals surface area contributed by atoms with Gasteiger partial charge in [0.2, 0.25) is 5.43 Å². The van der Waals surface area contributed by atoms with Crippen LogP contribution in [0.2, 0.25) is 0 Å². The minimum absolute atomic E-state index is 0.0190. The number of aromatic hydroxyl groups is 1. The molecule has 10 heteroatoms. The van der Waals surface area contributed by atoms with Crippen molar-refractivity contribution in [2.24, 2.45) is 5.92 Å². The Balaban J connectivity index is 1.56. The summed E-state index contributed by atoms with van der Waals surface area (Å²) in [4.78, 5) is 40.5. The minimum atomic E-state index is -0.964. The van der Waals surface area contributed by atoms with Gasteiger partial charge in [0.1, 0.15) is 17.2 Å². The zero-order chi connectivity index (χ0) is 24.4. The van der Waals surface area contributed by atoms with Gasteiger partial charge in [-0.2, -0.15) is 0 Å². The molecule has 1 aliphatic heterocycles. The van der Waals surface area contributed by atoms with Gasteiger partial charge in [-0.1, -0.05) is 18.9 Å². The molecule has 2 aromatic rings. The molecule has 8 nitrogen and oxygen atoms in total. The number of hydrogen-bond donors (Lipinski definition) is 3. The molecule has 2 aliphatic rings. The first kappa shape index (κ1) is 23.9. The Labute approximate surface area is 195 Å². The quantitative estimate of drug-likeness (QED) is 0.594. The summed E-state index contributed by atoms with van der Waals surface area (Å²) in [6.07, 6.45) is 5.24. The van der Waals surface area contributed by atoms with Crippen molar-refractivity contribution in [1.29, 1.82) is 0 Å². The number of hydrogen-bond acceptors (Lipinski definition) is 5. The van der Waals surface area contributed by atoms with Gasteiger partial charge >= 0.3 is 0 Å². The second-order valence-electron chi connectivity index (χ2n) is 8.85. The summed E-state index contributed by atoms with van der Waals surface area (Å²) in [5, 5.41) is 16.2. The van der Waals surface area contributed by atoms with Gasteiger partial charge in [-0.05, 0) is 38.4 Å². The highest BCUT2D eigenvalue weighted by Gasteiger charge is 2.38. The third kappa shape index (κ3) is 4.54. The Morgan fingerprint density at radius 3 is 2.68 bits per heavy atom. The summed E-state index contributed by atoms with van der Waals surface area (Å²) < 4.78 is 28.3.